The predicted octanol–water partition coefficient (Wildman–Crippen LogP) is 2.13. The van der Waals surface area contributed by atoms with Gasteiger partial charge >= 0.3 is 5.51 Å². The molecule has 3 aromatic rings. The molecule has 1 aromatic carbocycles. The van der Waals surface area contributed by atoms with Crippen LogP contribution < -0.4 is 10.6 Å². The second-order valence-corrected chi connectivity index (χ2v) is 9.70. The summed E-state index contributed by atoms with van der Waals surface area (Å²) >= 11 is 6.70. The molecular weight excluding hydrogens is 521 g/mol. The lowest BCUT2D eigenvalue weighted by Gasteiger charge is -2.14. The van der Waals surface area contributed by atoms with Crippen molar-refractivity contribution in [1.82, 2.24) is 30.4 Å². The van der Waals surface area contributed by atoms with Crippen molar-refractivity contribution in [3.8, 4) is 17.5 Å². The molecule has 0 aliphatic heterocycles. The fourth-order valence-electron chi connectivity index (χ4n) is 2.56. The van der Waals surface area contributed by atoms with Gasteiger partial charge in [0.2, 0.25) is 5.13 Å². The molecule has 0 bridgehead atoms. The van der Waals surface area contributed by atoms with Crippen LogP contribution in [0.5, 0.6) is 0 Å². The van der Waals surface area contributed by atoms with E-state index in [0.29, 0.717) is 12.1 Å². The molecule has 178 valence electrons. The average molecular weight is 533 g/mol. The molecule has 2 N–H and O–H groups in total. The standard InChI is InChI=1S/C18H12ClF3N6O4S2/c1-3-12(14-25-8-26-28(14)17-24-7-13(33-17)16(30)23-2)27-15(29)9-4-10(19)6-11(5-9)34(31,32)18(20,21)22/h1,4-8,12H,2H3,(H,23,30)(H,27,29)/t12-/m0/s1. The molecule has 10 nitrogen and oxygen atoms in total. The Labute approximate surface area is 199 Å². The number of amides is 2. The van der Waals surface area contributed by atoms with Crippen molar-refractivity contribution >= 4 is 44.6 Å². The van der Waals surface area contributed by atoms with E-state index in [-0.39, 0.29) is 15.8 Å². The van der Waals surface area contributed by atoms with Crippen molar-refractivity contribution in [2.24, 2.45) is 0 Å². The van der Waals surface area contributed by atoms with Crippen LogP contribution in [-0.4, -0.2) is 52.5 Å². The number of alkyl halides is 3. The third kappa shape index (κ3) is 4.88. The largest absolute Gasteiger partial charge is 0.501 e. The third-order valence-corrected chi connectivity index (χ3v) is 6.80. The van der Waals surface area contributed by atoms with Gasteiger partial charge in [0, 0.05) is 17.6 Å². The summed E-state index contributed by atoms with van der Waals surface area (Å²) < 4.78 is 63.3. The summed E-state index contributed by atoms with van der Waals surface area (Å²) in [5, 5.41) is 8.53. The molecule has 2 amide bonds. The maximum atomic E-state index is 12.9. The van der Waals surface area contributed by atoms with Crippen molar-refractivity contribution in [3.63, 3.8) is 0 Å². The SMILES string of the molecule is C#C[C@H](NC(=O)c1cc(Cl)cc(S(=O)(=O)C(F)(F)F)c1)c1ncnn1-c1ncc(C(=O)NC)s1. The zero-order chi connectivity index (χ0) is 25.3. The van der Waals surface area contributed by atoms with Gasteiger partial charge in [-0.25, -0.2) is 18.4 Å². The molecule has 0 radical (unpaired) electrons. The Hall–Kier alpha value is -3.48. The molecule has 34 heavy (non-hydrogen) atoms. The first kappa shape index (κ1) is 25.1. The Morgan fingerprint density at radius 1 is 1.24 bits per heavy atom. The fraction of sp³-hybridized carbons (Fsp3) is 0.167. The third-order valence-electron chi connectivity index (χ3n) is 4.15. The van der Waals surface area contributed by atoms with E-state index in [9.17, 15) is 31.2 Å². The van der Waals surface area contributed by atoms with Crippen molar-refractivity contribution in [2.75, 3.05) is 7.05 Å². The summed E-state index contributed by atoms with van der Waals surface area (Å²) in [4.78, 5) is 31.6. The minimum absolute atomic E-state index is 0.00109. The van der Waals surface area contributed by atoms with Crippen LogP contribution >= 0.6 is 22.9 Å². The highest BCUT2D eigenvalue weighted by molar-refractivity contribution is 7.92. The average Bonchev–Trinajstić information content (AvgIpc) is 3.45. The van der Waals surface area contributed by atoms with Gasteiger partial charge in [-0.05, 0) is 18.2 Å². The zero-order valence-electron chi connectivity index (χ0n) is 16.8. The molecule has 0 aliphatic rings. The highest BCUT2D eigenvalue weighted by Gasteiger charge is 2.47. The highest BCUT2D eigenvalue weighted by atomic mass is 35.5. The summed E-state index contributed by atoms with van der Waals surface area (Å²) in [6.07, 6.45) is 7.91. The number of benzene rings is 1. The number of terminal acetylenes is 1. The number of sulfone groups is 1. The topological polar surface area (TPSA) is 136 Å². The molecule has 2 heterocycles. The van der Waals surface area contributed by atoms with Crippen molar-refractivity contribution in [2.45, 2.75) is 16.4 Å². The molecular formula is C18H12ClF3N6O4S2. The van der Waals surface area contributed by atoms with Gasteiger partial charge in [-0.15, -0.1) is 6.42 Å². The first-order chi connectivity index (χ1) is 15.9. The van der Waals surface area contributed by atoms with Crippen molar-refractivity contribution in [1.29, 1.82) is 0 Å². The summed E-state index contributed by atoms with van der Waals surface area (Å²) in [5.74, 6) is 0.835. The molecule has 2 aromatic heterocycles. The van der Waals surface area contributed by atoms with E-state index in [4.69, 9.17) is 18.0 Å². The van der Waals surface area contributed by atoms with Crippen molar-refractivity contribution in [3.05, 3.63) is 52.0 Å². The van der Waals surface area contributed by atoms with E-state index in [1.807, 2.05) is 0 Å². The van der Waals surface area contributed by atoms with Crippen LogP contribution in [0.4, 0.5) is 13.2 Å². The molecule has 0 saturated carbocycles. The van der Waals surface area contributed by atoms with Gasteiger partial charge < -0.3 is 10.6 Å². The van der Waals surface area contributed by atoms with Gasteiger partial charge in [0.25, 0.3) is 21.7 Å². The van der Waals surface area contributed by atoms with E-state index in [1.165, 1.54) is 17.9 Å². The number of aromatic nitrogens is 4. The number of carbonyl (C=O) groups excluding carboxylic acids is 2. The van der Waals surface area contributed by atoms with Gasteiger partial charge in [-0.3, -0.25) is 9.59 Å². The molecule has 0 aliphatic carbocycles. The van der Waals surface area contributed by atoms with Gasteiger partial charge in [0.1, 0.15) is 11.2 Å². The van der Waals surface area contributed by atoms with E-state index < -0.39 is 48.7 Å². The monoisotopic (exact) mass is 532 g/mol. The van der Waals surface area contributed by atoms with Gasteiger partial charge in [0.05, 0.1) is 11.1 Å². The number of halogens is 4. The molecule has 0 fully saturated rings. The van der Waals surface area contributed by atoms with Gasteiger partial charge in [0.15, 0.2) is 11.9 Å². The molecule has 16 heteroatoms. The Balaban J connectivity index is 1.92. The van der Waals surface area contributed by atoms with Crippen LogP contribution in [0.15, 0.2) is 35.6 Å². The number of rotatable bonds is 6. The fourth-order valence-corrected chi connectivity index (χ4v) is 4.52. The van der Waals surface area contributed by atoms with Gasteiger partial charge in [-0.2, -0.15) is 23.0 Å². The van der Waals surface area contributed by atoms with Crippen LogP contribution in [0.1, 0.15) is 31.9 Å². The number of nitrogens with one attached hydrogen (secondary N) is 2. The summed E-state index contributed by atoms with van der Waals surface area (Å²) in [5.41, 5.74) is -6.08. The minimum atomic E-state index is -5.75. The summed E-state index contributed by atoms with van der Waals surface area (Å²) in [6, 6.07) is 0.812. The first-order valence-electron chi connectivity index (χ1n) is 8.86. The number of nitrogens with zero attached hydrogens (tertiary/aromatic N) is 4. The van der Waals surface area contributed by atoms with E-state index in [0.717, 1.165) is 23.7 Å². The highest BCUT2D eigenvalue weighted by Crippen LogP contribution is 2.32. The molecule has 1 atom stereocenters. The van der Waals surface area contributed by atoms with Crippen LogP contribution in [-0.2, 0) is 9.84 Å². The Morgan fingerprint density at radius 3 is 2.56 bits per heavy atom. The lowest BCUT2D eigenvalue weighted by atomic mass is 10.2. The van der Waals surface area contributed by atoms with E-state index in [1.54, 1.807) is 0 Å². The quantitative estimate of drug-likeness (QED) is 0.464. The molecule has 0 unspecified atom stereocenters. The van der Waals surface area contributed by atoms with Crippen LogP contribution in [0, 0.1) is 12.3 Å². The lowest BCUT2D eigenvalue weighted by Crippen LogP contribution is -2.30. The molecule has 3 rings (SSSR count). The predicted molar refractivity (Wildman–Crippen MR) is 114 cm³/mol. The Morgan fingerprint density at radius 2 is 1.94 bits per heavy atom. The maximum Gasteiger partial charge on any atom is 0.501 e. The lowest BCUT2D eigenvalue weighted by molar-refractivity contribution is -0.0436. The van der Waals surface area contributed by atoms with E-state index >= 15 is 0 Å². The second kappa shape index (κ2) is 9.41. The number of carbonyl (C=O) groups is 2. The summed E-state index contributed by atoms with van der Waals surface area (Å²) in [6.45, 7) is 0. The smallest absolute Gasteiger partial charge is 0.354 e. The molecule has 0 saturated heterocycles. The maximum absolute atomic E-state index is 12.9. The van der Waals surface area contributed by atoms with E-state index in [2.05, 4.69) is 31.6 Å². The van der Waals surface area contributed by atoms with Crippen molar-refractivity contribution < 1.29 is 31.2 Å². The Bertz CT molecular complexity index is 1410. The van der Waals surface area contributed by atoms with Gasteiger partial charge in [-0.1, -0.05) is 28.9 Å². The Kier molecular flexibility index (Phi) is 6.96. The van der Waals surface area contributed by atoms with Crippen LogP contribution in [0.2, 0.25) is 5.02 Å². The number of hydrogen-bond donors (Lipinski definition) is 2. The number of thiazole rings is 1. The molecule has 0 spiro atoms. The zero-order valence-corrected chi connectivity index (χ0v) is 19.2. The second-order valence-electron chi connectivity index (χ2n) is 6.31. The number of hydrogen-bond acceptors (Lipinski definition) is 8. The summed E-state index contributed by atoms with van der Waals surface area (Å²) in [7, 11) is -4.31. The first-order valence-corrected chi connectivity index (χ1v) is 11.5. The normalized spacial score (nSPS) is 12.6. The minimum Gasteiger partial charge on any atom is -0.354 e. The van der Waals surface area contributed by atoms with Crippen LogP contribution in [0.25, 0.3) is 5.13 Å². The van der Waals surface area contributed by atoms with Crippen LogP contribution in [0.3, 0.4) is 0 Å².